The molecule has 1 heterocycles. The minimum absolute atomic E-state index is 0.130. The van der Waals surface area contributed by atoms with E-state index in [1.165, 1.54) is 6.92 Å². The number of amides is 1. The third kappa shape index (κ3) is 2.35. The molecule has 1 rings (SSSR count). The maximum atomic E-state index is 11.1. The van der Waals surface area contributed by atoms with Gasteiger partial charge < -0.3 is 10.1 Å². The van der Waals surface area contributed by atoms with Gasteiger partial charge in [0.2, 0.25) is 11.8 Å². The van der Waals surface area contributed by atoms with Crippen LogP contribution in [-0.4, -0.2) is 22.8 Å². The Balaban J connectivity index is 3.29. The fourth-order valence-electron chi connectivity index (χ4n) is 1.47. The van der Waals surface area contributed by atoms with Gasteiger partial charge >= 0.3 is 0 Å². The standard InChI is InChI=1S/C11H19N3O2/c1-7-9(12-8(2)15)10(16-6)14(13-7)11(3,4)5/h1-6H3,(H,12,15). The first-order valence-corrected chi connectivity index (χ1v) is 5.19. The maximum Gasteiger partial charge on any atom is 0.236 e. The second-order valence-electron chi connectivity index (χ2n) is 4.73. The highest BCUT2D eigenvalue weighted by Crippen LogP contribution is 2.32. The number of nitrogens with zero attached hydrogens (tertiary/aromatic N) is 2. The van der Waals surface area contributed by atoms with Gasteiger partial charge in [-0.2, -0.15) is 5.10 Å². The maximum absolute atomic E-state index is 11.1. The normalized spacial score (nSPS) is 11.4. The van der Waals surface area contributed by atoms with Crippen molar-refractivity contribution < 1.29 is 9.53 Å². The first kappa shape index (κ1) is 12.5. The Morgan fingerprint density at radius 2 is 2.00 bits per heavy atom. The summed E-state index contributed by atoms with van der Waals surface area (Å²) in [5.74, 6) is 0.454. The van der Waals surface area contributed by atoms with Crippen molar-refractivity contribution in [3.63, 3.8) is 0 Å². The number of anilines is 1. The molecule has 1 aromatic rings. The smallest absolute Gasteiger partial charge is 0.236 e. The largest absolute Gasteiger partial charge is 0.480 e. The summed E-state index contributed by atoms with van der Waals surface area (Å²) in [5, 5.41) is 7.12. The number of aromatic nitrogens is 2. The van der Waals surface area contributed by atoms with Crippen LogP contribution in [0, 0.1) is 6.92 Å². The van der Waals surface area contributed by atoms with Crippen LogP contribution in [-0.2, 0) is 10.3 Å². The average molecular weight is 225 g/mol. The van der Waals surface area contributed by atoms with Gasteiger partial charge in [0.1, 0.15) is 5.69 Å². The van der Waals surface area contributed by atoms with E-state index >= 15 is 0 Å². The van der Waals surface area contributed by atoms with E-state index in [9.17, 15) is 4.79 Å². The Morgan fingerprint density at radius 3 is 2.38 bits per heavy atom. The molecule has 16 heavy (non-hydrogen) atoms. The Morgan fingerprint density at radius 1 is 1.44 bits per heavy atom. The average Bonchev–Trinajstić information content (AvgIpc) is 2.42. The summed E-state index contributed by atoms with van der Waals surface area (Å²) < 4.78 is 7.08. The minimum Gasteiger partial charge on any atom is -0.480 e. The SMILES string of the molecule is COc1c(NC(C)=O)c(C)nn1C(C)(C)C. The summed E-state index contributed by atoms with van der Waals surface area (Å²) in [5.41, 5.74) is 1.21. The van der Waals surface area contributed by atoms with Crippen LogP contribution in [0.5, 0.6) is 5.88 Å². The molecule has 0 saturated heterocycles. The third-order valence-corrected chi connectivity index (χ3v) is 2.15. The number of aryl methyl sites for hydroxylation is 1. The highest BCUT2D eigenvalue weighted by molar-refractivity contribution is 5.90. The number of carbonyl (C=O) groups excluding carboxylic acids is 1. The Labute approximate surface area is 95.8 Å². The van der Waals surface area contributed by atoms with Crippen LogP contribution in [0.15, 0.2) is 0 Å². The minimum atomic E-state index is -0.188. The number of nitrogens with one attached hydrogen (secondary N) is 1. The number of methoxy groups -OCH3 is 1. The molecule has 0 aliphatic heterocycles. The Kier molecular flexibility index (Phi) is 3.26. The van der Waals surface area contributed by atoms with Gasteiger partial charge in [0.15, 0.2) is 0 Å². The van der Waals surface area contributed by atoms with Crippen molar-refractivity contribution in [2.24, 2.45) is 0 Å². The molecule has 5 heteroatoms. The molecule has 0 aromatic carbocycles. The van der Waals surface area contributed by atoms with Crippen molar-refractivity contribution in [3.05, 3.63) is 5.69 Å². The van der Waals surface area contributed by atoms with E-state index in [1.54, 1.807) is 11.8 Å². The predicted molar refractivity (Wildman–Crippen MR) is 62.8 cm³/mol. The Hall–Kier alpha value is -1.52. The van der Waals surface area contributed by atoms with Crippen LogP contribution in [0.4, 0.5) is 5.69 Å². The van der Waals surface area contributed by atoms with Gasteiger partial charge in [-0.3, -0.25) is 4.79 Å². The van der Waals surface area contributed by atoms with Crippen LogP contribution in [0.3, 0.4) is 0 Å². The number of rotatable bonds is 2. The molecule has 0 aliphatic rings. The molecule has 0 fully saturated rings. The lowest BCUT2D eigenvalue weighted by Gasteiger charge is -2.21. The molecule has 5 nitrogen and oxygen atoms in total. The van der Waals surface area contributed by atoms with Crippen LogP contribution < -0.4 is 10.1 Å². The van der Waals surface area contributed by atoms with Crippen molar-refractivity contribution in [1.29, 1.82) is 0 Å². The van der Waals surface area contributed by atoms with Crippen LogP contribution in [0.1, 0.15) is 33.4 Å². The highest BCUT2D eigenvalue weighted by atomic mass is 16.5. The molecule has 1 amide bonds. The molecule has 1 aromatic heterocycles. The van der Waals surface area contributed by atoms with E-state index in [2.05, 4.69) is 10.4 Å². The molecule has 1 N–H and O–H groups in total. The van der Waals surface area contributed by atoms with Crippen molar-refractivity contribution in [2.45, 2.75) is 40.2 Å². The lowest BCUT2D eigenvalue weighted by molar-refractivity contribution is -0.114. The summed E-state index contributed by atoms with van der Waals surface area (Å²) in [6.07, 6.45) is 0. The fourth-order valence-corrected chi connectivity index (χ4v) is 1.47. The second-order valence-corrected chi connectivity index (χ2v) is 4.73. The van der Waals surface area contributed by atoms with Crippen molar-refractivity contribution >= 4 is 11.6 Å². The van der Waals surface area contributed by atoms with Gasteiger partial charge in [-0.1, -0.05) is 0 Å². The molecule has 0 spiro atoms. The molecule has 0 bridgehead atoms. The van der Waals surface area contributed by atoms with Gasteiger partial charge in [-0.15, -0.1) is 0 Å². The zero-order valence-electron chi connectivity index (χ0n) is 10.7. The molecule has 0 aliphatic carbocycles. The van der Waals surface area contributed by atoms with Gasteiger partial charge in [-0.25, -0.2) is 4.68 Å². The number of ether oxygens (including phenoxy) is 1. The van der Waals surface area contributed by atoms with E-state index < -0.39 is 0 Å². The van der Waals surface area contributed by atoms with E-state index in [-0.39, 0.29) is 11.4 Å². The van der Waals surface area contributed by atoms with E-state index in [1.807, 2.05) is 27.7 Å². The quantitative estimate of drug-likeness (QED) is 0.836. The molecule has 0 atom stereocenters. The van der Waals surface area contributed by atoms with Crippen LogP contribution in [0.25, 0.3) is 0 Å². The summed E-state index contributed by atoms with van der Waals surface area (Å²) in [7, 11) is 1.57. The lowest BCUT2D eigenvalue weighted by atomic mass is 10.1. The van der Waals surface area contributed by atoms with Gasteiger partial charge in [0, 0.05) is 6.92 Å². The summed E-state index contributed by atoms with van der Waals surface area (Å²) in [6, 6.07) is 0. The summed E-state index contributed by atoms with van der Waals surface area (Å²) >= 11 is 0. The van der Waals surface area contributed by atoms with Gasteiger partial charge in [-0.05, 0) is 27.7 Å². The van der Waals surface area contributed by atoms with Crippen molar-refractivity contribution in [3.8, 4) is 5.88 Å². The molecular formula is C11H19N3O2. The van der Waals surface area contributed by atoms with Crippen LogP contribution in [0.2, 0.25) is 0 Å². The summed E-state index contributed by atoms with van der Waals surface area (Å²) in [4.78, 5) is 11.1. The Bertz CT molecular complexity index is 402. The molecular weight excluding hydrogens is 206 g/mol. The van der Waals surface area contributed by atoms with Gasteiger partial charge in [0.25, 0.3) is 0 Å². The number of hydrogen-bond acceptors (Lipinski definition) is 3. The summed E-state index contributed by atoms with van der Waals surface area (Å²) in [6.45, 7) is 9.39. The highest BCUT2D eigenvalue weighted by Gasteiger charge is 2.24. The predicted octanol–water partition coefficient (Wildman–Crippen LogP) is 1.91. The van der Waals surface area contributed by atoms with E-state index in [0.717, 1.165) is 5.69 Å². The lowest BCUT2D eigenvalue weighted by Crippen LogP contribution is -2.24. The molecule has 0 saturated carbocycles. The van der Waals surface area contributed by atoms with E-state index in [4.69, 9.17) is 4.74 Å². The van der Waals surface area contributed by atoms with Crippen molar-refractivity contribution in [1.82, 2.24) is 9.78 Å². The topological polar surface area (TPSA) is 56.1 Å². The molecule has 0 unspecified atom stereocenters. The van der Waals surface area contributed by atoms with Crippen molar-refractivity contribution in [2.75, 3.05) is 12.4 Å². The monoisotopic (exact) mass is 225 g/mol. The van der Waals surface area contributed by atoms with Crippen LogP contribution >= 0.6 is 0 Å². The number of hydrogen-bond donors (Lipinski definition) is 1. The third-order valence-electron chi connectivity index (χ3n) is 2.15. The molecule has 90 valence electrons. The zero-order valence-corrected chi connectivity index (χ0v) is 10.7. The van der Waals surface area contributed by atoms with Gasteiger partial charge in [0.05, 0.1) is 18.3 Å². The first-order valence-electron chi connectivity index (χ1n) is 5.19. The second kappa shape index (κ2) is 4.15. The first-order chi connectivity index (χ1) is 7.27. The number of carbonyl (C=O) groups is 1. The fraction of sp³-hybridized carbons (Fsp3) is 0.636. The molecule has 0 radical (unpaired) electrons. The van der Waals surface area contributed by atoms with E-state index in [0.29, 0.717) is 11.6 Å². The zero-order chi connectivity index (χ0) is 12.5.